The predicted octanol–water partition coefficient (Wildman–Crippen LogP) is 2.98. The van der Waals surface area contributed by atoms with Crippen molar-refractivity contribution in [2.45, 2.75) is 24.3 Å². The first-order valence-electron chi connectivity index (χ1n) is 8.13. The second-order valence-electron chi connectivity index (χ2n) is 5.62. The van der Waals surface area contributed by atoms with Crippen molar-refractivity contribution < 1.29 is 23.5 Å². The number of rotatable bonds is 8. The fraction of sp³-hybridized carbons (Fsp3) is 0.211. The van der Waals surface area contributed by atoms with Crippen LogP contribution < -0.4 is 11.1 Å². The molecule has 0 aromatic heterocycles. The molecule has 0 fully saturated rings. The average Bonchev–Trinajstić information content (AvgIpc) is 2.63. The maximum absolute atomic E-state index is 12.8. The third-order valence-corrected chi connectivity index (χ3v) is 4.52. The van der Waals surface area contributed by atoms with Gasteiger partial charge in [-0.1, -0.05) is 0 Å². The second kappa shape index (κ2) is 9.72. The van der Waals surface area contributed by atoms with Crippen LogP contribution in [0, 0.1) is 5.82 Å². The lowest BCUT2D eigenvalue weighted by Gasteiger charge is -2.13. The van der Waals surface area contributed by atoms with E-state index in [-0.39, 0.29) is 12.2 Å². The summed E-state index contributed by atoms with van der Waals surface area (Å²) in [5.74, 6) is -1.41. The summed E-state index contributed by atoms with van der Waals surface area (Å²) >= 11 is 1.39. The van der Waals surface area contributed by atoms with Crippen LogP contribution in [0.5, 0.6) is 0 Å². The fourth-order valence-electron chi connectivity index (χ4n) is 2.05. The first-order valence-corrected chi connectivity index (χ1v) is 9.12. The molecule has 6 nitrogen and oxygen atoms in total. The molecular formula is C19H19FN2O4S. The number of thioether (sulfide) groups is 1. The highest BCUT2D eigenvalue weighted by Crippen LogP contribution is 2.19. The van der Waals surface area contributed by atoms with Crippen molar-refractivity contribution in [1.82, 2.24) is 0 Å². The molecule has 8 heteroatoms. The molecule has 0 spiro atoms. The van der Waals surface area contributed by atoms with Crippen molar-refractivity contribution in [2.75, 3.05) is 11.1 Å². The van der Waals surface area contributed by atoms with Crippen molar-refractivity contribution in [3.8, 4) is 0 Å². The van der Waals surface area contributed by atoms with Gasteiger partial charge in [-0.2, -0.15) is 0 Å². The highest BCUT2D eigenvalue weighted by Gasteiger charge is 2.18. The van der Waals surface area contributed by atoms with Crippen molar-refractivity contribution in [1.29, 1.82) is 0 Å². The van der Waals surface area contributed by atoms with Gasteiger partial charge in [0.25, 0.3) is 5.91 Å². The summed E-state index contributed by atoms with van der Waals surface area (Å²) in [4.78, 5) is 35.8. The van der Waals surface area contributed by atoms with Crippen molar-refractivity contribution >= 4 is 35.2 Å². The molecule has 27 heavy (non-hydrogen) atoms. The largest absolute Gasteiger partial charge is 0.453 e. The zero-order chi connectivity index (χ0) is 19.8. The quantitative estimate of drug-likeness (QED) is 0.533. The van der Waals surface area contributed by atoms with Crippen LogP contribution in [0.4, 0.5) is 10.1 Å². The number of carbonyl (C=O) groups is 3. The van der Waals surface area contributed by atoms with E-state index >= 15 is 0 Å². The van der Waals surface area contributed by atoms with Gasteiger partial charge < -0.3 is 15.8 Å². The van der Waals surface area contributed by atoms with E-state index in [4.69, 9.17) is 10.5 Å². The number of nitrogens with one attached hydrogen (secondary N) is 1. The van der Waals surface area contributed by atoms with Crippen molar-refractivity contribution in [3.63, 3.8) is 0 Å². The molecule has 0 saturated heterocycles. The standard InChI is InChI=1S/C19H19FN2O4S/c1-12(19(25)22-15-6-2-13(3-7-15)18(21)24)26-17(23)10-11-27-16-8-4-14(20)5-9-16/h2-9,12H,10-11H2,1H3,(H2,21,24)(H,22,25). The highest BCUT2D eigenvalue weighted by atomic mass is 32.2. The van der Waals surface area contributed by atoms with Gasteiger partial charge in [-0.15, -0.1) is 11.8 Å². The van der Waals surface area contributed by atoms with E-state index in [1.807, 2.05) is 0 Å². The normalized spacial score (nSPS) is 11.5. The monoisotopic (exact) mass is 390 g/mol. The van der Waals surface area contributed by atoms with E-state index in [2.05, 4.69) is 5.32 Å². The molecule has 0 heterocycles. The number of hydrogen-bond donors (Lipinski definition) is 2. The van der Waals surface area contributed by atoms with Gasteiger partial charge in [0, 0.05) is 21.9 Å². The summed E-state index contributed by atoms with van der Waals surface area (Å²) in [5.41, 5.74) is 5.93. The van der Waals surface area contributed by atoms with E-state index in [1.54, 1.807) is 12.1 Å². The predicted molar refractivity (Wildman–Crippen MR) is 101 cm³/mol. The number of anilines is 1. The van der Waals surface area contributed by atoms with Gasteiger partial charge in [0.05, 0.1) is 6.42 Å². The minimum Gasteiger partial charge on any atom is -0.453 e. The van der Waals surface area contributed by atoms with E-state index in [0.717, 1.165) is 4.90 Å². The molecule has 1 unspecified atom stereocenters. The molecule has 0 aliphatic heterocycles. The molecule has 142 valence electrons. The van der Waals surface area contributed by atoms with Crippen LogP contribution in [0.3, 0.4) is 0 Å². The van der Waals surface area contributed by atoms with Crippen LogP contribution in [0.15, 0.2) is 53.4 Å². The number of halogens is 1. The fourth-order valence-corrected chi connectivity index (χ4v) is 2.89. The Morgan fingerprint density at radius 2 is 1.74 bits per heavy atom. The van der Waals surface area contributed by atoms with Crippen LogP contribution in [-0.4, -0.2) is 29.6 Å². The van der Waals surface area contributed by atoms with Crippen molar-refractivity contribution in [3.05, 3.63) is 59.9 Å². The third kappa shape index (κ3) is 6.74. The first kappa shape index (κ1) is 20.4. The minimum absolute atomic E-state index is 0.118. The Morgan fingerprint density at radius 1 is 1.11 bits per heavy atom. The topological polar surface area (TPSA) is 98.5 Å². The number of amides is 2. The van der Waals surface area contributed by atoms with Crippen LogP contribution in [0.25, 0.3) is 0 Å². The molecule has 0 saturated carbocycles. The number of benzene rings is 2. The molecule has 1 atom stereocenters. The molecule has 2 amide bonds. The third-order valence-electron chi connectivity index (χ3n) is 3.50. The zero-order valence-electron chi connectivity index (χ0n) is 14.6. The van der Waals surface area contributed by atoms with Crippen LogP contribution in [0.1, 0.15) is 23.7 Å². The molecule has 2 aromatic rings. The van der Waals surface area contributed by atoms with Crippen molar-refractivity contribution in [2.24, 2.45) is 5.73 Å². The SMILES string of the molecule is CC(OC(=O)CCSc1ccc(F)cc1)C(=O)Nc1ccc(C(N)=O)cc1. The van der Waals surface area contributed by atoms with Crippen LogP contribution in [-0.2, 0) is 14.3 Å². The van der Waals surface area contributed by atoms with Gasteiger partial charge in [-0.05, 0) is 55.5 Å². The summed E-state index contributed by atoms with van der Waals surface area (Å²) in [6, 6.07) is 12.0. The molecule has 2 rings (SSSR count). The molecule has 0 bridgehead atoms. The summed E-state index contributed by atoms with van der Waals surface area (Å²) < 4.78 is 17.9. The number of nitrogens with two attached hydrogens (primary N) is 1. The molecule has 0 radical (unpaired) electrons. The Balaban J connectivity index is 1.75. The molecule has 0 aliphatic rings. The Morgan fingerprint density at radius 3 is 2.33 bits per heavy atom. The summed E-state index contributed by atoms with van der Waals surface area (Å²) in [5, 5.41) is 2.59. The minimum atomic E-state index is -0.968. The van der Waals surface area contributed by atoms with Gasteiger partial charge in [-0.25, -0.2) is 4.39 Å². The molecule has 3 N–H and O–H groups in total. The van der Waals surface area contributed by atoms with Gasteiger partial charge >= 0.3 is 5.97 Å². The van der Waals surface area contributed by atoms with E-state index in [1.165, 1.54) is 55.1 Å². The van der Waals surface area contributed by atoms with E-state index in [0.29, 0.717) is 17.0 Å². The number of esters is 1. The summed E-state index contributed by atoms with van der Waals surface area (Å²) in [6.07, 6.45) is -0.850. The van der Waals surface area contributed by atoms with E-state index in [9.17, 15) is 18.8 Å². The molecule has 2 aromatic carbocycles. The average molecular weight is 390 g/mol. The maximum atomic E-state index is 12.8. The lowest BCUT2D eigenvalue weighted by atomic mass is 10.2. The Labute approximate surface area is 160 Å². The Hall–Kier alpha value is -2.87. The van der Waals surface area contributed by atoms with Gasteiger partial charge in [-0.3, -0.25) is 14.4 Å². The summed E-state index contributed by atoms with van der Waals surface area (Å²) in [6.45, 7) is 1.47. The second-order valence-corrected chi connectivity index (χ2v) is 6.78. The number of ether oxygens (including phenoxy) is 1. The Bertz CT molecular complexity index is 809. The Kier molecular flexibility index (Phi) is 7.36. The first-order chi connectivity index (χ1) is 12.8. The molecule has 0 aliphatic carbocycles. The lowest BCUT2D eigenvalue weighted by molar-refractivity contribution is -0.152. The number of hydrogen-bond acceptors (Lipinski definition) is 5. The number of primary amides is 1. The molecular weight excluding hydrogens is 371 g/mol. The number of carbonyl (C=O) groups excluding carboxylic acids is 3. The van der Waals surface area contributed by atoms with Gasteiger partial charge in [0.2, 0.25) is 5.91 Å². The maximum Gasteiger partial charge on any atom is 0.307 e. The zero-order valence-corrected chi connectivity index (χ0v) is 15.4. The lowest BCUT2D eigenvalue weighted by Crippen LogP contribution is -2.30. The van der Waals surface area contributed by atoms with E-state index < -0.39 is 23.9 Å². The van der Waals surface area contributed by atoms with Gasteiger partial charge in [0.1, 0.15) is 5.82 Å². The highest BCUT2D eigenvalue weighted by molar-refractivity contribution is 7.99. The van der Waals surface area contributed by atoms with Crippen LogP contribution in [0.2, 0.25) is 0 Å². The summed E-state index contributed by atoms with van der Waals surface area (Å²) in [7, 11) is 0. The van der Waals surface area contributed by atoms with Gasteiger partial charge in [0.15, 0.2) is 6.10 Å². The van der Waals surface area contributed by atoms with Crippen LogP contribution >= 0.6 is 11.8 Å². The smallest absolute Gasteiger partial charge is 0.307 e.